The van der Waals surface area contributed by atoms with Gasteiger partial charge < -0.3 is 14.8 Å². The molecule has 0 atom stereocenters. The minimum absolute atomic E-state index is 0.0778. The number of benzene rings is 2. The first-order valence-corrected chi connectivity index (χ1v) is 9.17. The second-order valence-electron chi connectivity index (χ2n) is 8.14. The minimum atomic E-state index is -1.13. The second-order valence-corrected chi connectivity index (χ2v) is 8.14. The van der Waals surface area contributed by atoms with Crippen molar-refractivity contribution < 1.29 is 15.0 Å². The SMILES string of the molecule is CC(C)(C)c1cc2c(n1-c1ccc(O)c(C(=O)O)c1)CCc1ccccc1-2. The summed E-state index contributed by atoms with van der Waals surface area (Å²) in [4.78, 5) is 11.5. The van der Waals surface area contributed by atoms with Gasteiger partial charge in [0.2, 0.25) is 0 Å². The Morgan fingerprint density at radius 1 is 1.00 bits per heavy atom. The van der Waals surface area contributed by atoms with Crippen molar-refractivity contribution in [3.05, 3.63) is 71.0 Å². The molecule has 4 heteroatoms. The van der Waals surface area contributed by atoms with E-state index < -0.39 is 5.97 Å². The van der Waals surface area contributed by atoms with Crippen LogP contribution in [0.3, 0.4) is 0 Å². The van der Waals surface area contributed by atoms with Crippen LogP contribution < -0.4 is 0 Å². The van der Waals surface area contributed by atoms with E-state index in [1.807, 2.05) is 0 Å². The molecule has 2 aromatic carbocycles. The van der Waals surface area contributed by atoms with E-state index in [-0.39, 0.29) is 16.7 Å². The number of carboxylic acid groups (broad SMARTS) is 1. The molecule has 4 nitrogen and oxygen atoms in total. The molecule has 0 saturated carbocycles. The Balaban J connectivity index is 2.01. The molecule has 0 bridgehead atoms. The van der Waals surface area contributed by atoms with Gasteiger partial charge >= 0.3 is 5.97 Å². The summed E-state index contributed by atoms with van der Waals surface area (Å²) >= 11 is 0. The maximum Gasteiger partial charge on any atom is 0.339 e. The molecule has 1 aliphatic rings. The molecule has 138 valence electrons. The van der Waals surface area contributed by atoms with Crippen molar-refractivity contribution in [1.29, 1.82) is 0 Å². The van der Waals surface area contributed by atoms with Crippen molar-refractivity contribution in [3.8, 4) is 22.6 Å². The lowest BCUT2D eigenvalue weighted by Gasteiger charge is -2.24. The molecule has 0 amide bonds. The highest BCUT2D eigenvalue weighted by molar-refractivity contribution is 5.91. The molecule has 0 radical (unpaired) electrons. The predicted octanol–water partition coefficient (Wildman–Crippen LogP) is 4.94. The third-order valence-corrected chi connectivity index (χ3v) is 5.28. The quantitative estimate of drug-likeness (QED) is 0.679. The normalized spacial score (nSPS) is 13.1. The van der Waals surface area contributed by atoms with Gasteiger partial charge in [-0.1, -0.05) is 45.0 Å². The summed E-state index contributed by atoms with van der Waals surface area (Å²) in [5.41, 5.74) is 6.72. The van der Waals surface area contributed by atoms with Crippen LogP contribution in [0.15, 0.2) is 48.5 Å². The van der Waals surface area contributed by atoms with E-state index in [4.69, 9.17) is 0 Å². The van der Waals surface area contributed by atoms with Crippen LogP contribution in [-0.2, 0) is 18.3 Å². The number of phenols is 1. The molecule has 4 rings (SSSR count). The van der Waals surface area contributed by atoms with Gasteiger partial charge in [-0.15, -0.1) is 0 Å². The Kier molecular flexibility index (Phi) is 3.88. The fourth-order valence-corrected chi connectivity index (χ4v) is 3.97. The standard InChI is InChI=1S/C23H23NO3/c1-23(2,3)21-13-17-16-7-5-4-6-14(16)8-10-19(17)24(21)15-9-11-20(25)18(12-15)22(26)27/h4-7,9,11-13,25H,8,10H2,1-3H3,(H,26,27). The largest absolute Gasteiger partial charge is 0.507 e. The van der Waals surface area contributed by atoms with E-state index >= 15 is 0 Å². The summed E-state index contributed by atoms with van der Waals surface area (Å²) in [7, 11) is 0. The first-order valence-electron chi connectivity index (χ1n) is 9.17. The monoisotopic (exact) mass is 361 g/mol. The predicted molar refractivity (Wildman–Crippen MR) is 106 cm³/mol. The zero-order chi connectivity index (χ0) is 19.3. The minimum Gasteiger partial charge on any atom is -0.507 e. The molecule has 3 aromatic rings. The molecule has 0 fully saturated rings. The highest BCUT2D eigenvalue weighted by atomic mass is 16.4. The third-order valence-electron chi connectivity index (χ3n) is 5.28. The number of aromatic nitrogens is 1. The molecule has 27 heavy (non-hydrogen) atoms. The number of aryl methyl sites for hydroxylation is 1. The van der Waals surface area contributed by atoms with Gasteiger partial charge in [-0.25, -0.2) is 4.79 Å². The molecular weight excluding hydrogens is 338 g/mol. The zero-order valence-corrected chi connectivity index (χ0v) is 15.8. The van der Waals surface area contributed by atoms with E-state index in [1.165, 1.54) is 28.5 Å². The topological polar surface area (TPSA) is 62.5 Å². The zero-order valence-electron chi connectivity index (χ0n) is 15.8. The summed E-state index contributed by atoms with van der Waals surface area (Å²) in [6, 6.07) is 15.5. The highest BCUT2D eigenvalue weighted by Gasteiger charge is 2.28. The van der Waals surface area contributed by atoms with Crippen molar-refractivity contribution >= 4 is 5.97 Å². The van der Waals surface area contributed by atoms with Crippen LogP contribution >= 0.6 is 0 Å². The van der Waals surface area contributed by atoms with Crippen LogP contribution in [0.25, 0.3) is 16.8 Å². The summed E-state index contributed by atoms with van der Waals surface area (Å²) < 4.78 is 2.18. The number of nitrogens with zero attached hydrogens (tertiary/aromatic N) is 1. The highest BCUT2D eigenvalue weighted by Crippen LogP contribution is 2.41. The van der Waals surface area contributed by atoms with Crippen LogP contribution in [-0.4, -0.2) is 20.7 Å². The number of rotatable bonds is 2. The van der Waals surface area contributed by atoms with Crippen LogP contribution in [0.2, 0.25) is 0 Å². The molecule has 2 N–H and O–H groups in total. The number of carboxylic acids is 1. The van der Waals surface area contributed by atoms with Crippen molar-refractivity contribution in [3.63, 3.8) is 0 Å². The van der Waals surface area contributed by atoms with Crippen molar-refractivity contribution in [2.75, 3.05) is 0 Å². The van der Waals surface area contributed by atoms with Gasteiger partial charge in [0.25, 0.3) is 0 Å². The molecule has 1 heterocycles. The fraction of sp³-hybridized carbons (Fsp3) is 0.261. The Bertz CT molecular complexity index is 1050. The number of aromatic carboxylic acids is 1. The summed E-state index contributed by atoms with van der Waals surface area (Å²) in [6.07, 6.45) is 1.85. The van der Waals surface area contributed by atoms with Gasteiger partial charge in [0.15, 0.2) is 0 Å². The van der Waals surface area contributed by atoms with Gasteiger partial charge in [-0.2, -0.15) is 0 Å². The average molecular weight is 361 g/mol. The number of fused-ring (bicyclic) bond motifs is 3. The molecule has 0 saturated heterocycles. The van der Waals surface area contributed by atoms with E-state index in [9.17, 15) is 15.0 Å². The van der Waals surface area contributed by atoms with Gasteiger partial charge in [0, 0.05) is 28.1 Å². The summed E-state index contributed by atoms with van der Waals surface area (Å²) in [5, 5.41) is 19.3. The van der Waals surface area contributed by atoms with Gasteiger partial charge in [0.1, 0.15) is 11.3 Å². The number of hydrogen-bond acceptors (Lipinski definition) is 2. The average Bonchev–Trinajstić information content (AvgIpc) is 3.02. The Hall–Kier alpha value is -3.01. The molecule has 0 aliphatic heterocycles. The first kappa shape index (κ1) is 17.4. The third kappa shape index (κ3) is 2.81. The van der Waals surface area contributed by atoms with Gasteiger partial charge in [-0.05, 0) is 48.2 Å². The smallest absolute Gasteiger partial charge is 0.339 e. The van der Waals surface area contributed by atoms with Gasteiger partial charge in [0.05, 0.1) is 0 Å². The van der Waals surface area contributed by atoms with Crippen molar-refractivity contribution in [2.24, 2.45) is 0 Å². The lowest BCUT2D eigenvalue weighted by Crippen LogP contribution is -2.18. The molecule has 0 spiro atoms. The van der Waals surface area contributed by atoms with E-state index in [1.54, 1.807) is 12.1 Å². The fourth-order valence-electron chi connectivity index (χ4n) is 3.97. The van der Waals surface area contributed by atoms with Gasteiger partial charge in [-0.3, -0.25) is 0 Å². The number of hydrogen-bond donors (Lipinski definition) is 2. The maximum absolute atomic E-state index is 11.5. The molecular formula is C23H23NO3. The van der Waals surface area contributed by atoms with Crippen molar-refractivity contribution in [2.45, 2.75) is 39.0 Å². The maximum atomic E-state index is 11.5. The van der Waals surface area contributed by atoms with E-state index in [0.29, 0.717) is 0 Å². The Labute approximate surface area is 158 Å². The van der Waals surface area contributed by atoms with Crippen LogP contribution in [0.5, 0.6) is 5.75 Å². The lowest BCUT2D eigenvalue weighted by molar-refractivity contribution is 0.0693. The number of aromatic hydroxyl groups is 1. The molecule has 0 unspecified atom stereocenters. The number of carbonyl (C=O) groups is 1. The lowest BCUT2D eigenvalue weighted by atomic mass is 9.88. The first-order chi connectivity index (χ1) is 12.8. The Morgan fingerprint density at radius 3 is 2.44 bits per heavy atom. The van der Waals surface area contributed by atoms with Crippen LogP contribution in [0, 0.1) is 0 Å². The molecule has 1 aromatic heterocycles. The van der Waals surface area contributed by atoms with E-state index in [0.717, 1.165) is 24.2 Å². The second kappa shape index (κ2) is 6.02. The summed E-state index contributed by atoms with van der Waals surface area (Å²) in [6.45, 7) is 6.48. The van der Waals surface area contributed by atoms with Crippen LogP contribution in [0.1, 0.15) is 48.1 Å². The summed E-state index contributed by atoms with van der Waals surface area (Å²) in [5.74, 6) is -1.34. The van der Waals surface area contributed by atoms with Crippen molar-refractivity contribution in [1.82, 2.24) is 4.57 Å². The van der Waals surface area contributed by atoms with E-state index in [2.05, 4.69) is 55.7 Å². The molecule has 1 aliphatic carbocycles. The van der Waals surface area contributed by atoms with Crippen LogP contribution in [0.4, 0.5) is 0 Å². The Morgan fingerprint density at radius 2 is 1.74 bits per heavy atom.